The standard InChI is InChI=1S/C20H24N6O3/c1-4-16(27)26-9-12(10-26)8-23-20-17(19(22)24-11-25-20)18(21)13-5-14(28-2)7-15(6-13)29-3/h4-7,11-12,21H,1,8-10H2,2-3H3,(H3,22,23,24,25). The van der Waals surface area contributed by atoms with Crippen LogP contribution < -0.4 is 20.5 Å². The maximum absolute atomic E-state index is 11.6. The molecule has 0 atom stereocenters. The highest BCUT2D eigenvalue weighted by atomic mass is 16.5. The topological polar surface area (TPSA) is 126 Å². The Hall–Kier alpha value is -3.62. The molecule has 0 aliphatic carbocycles. The molecule has 1 aromatic heterocycles. The van der Waals surface area contributed by atoms with Gasteiger partial charge >= 0.3 is 0 Å². The lowest BCUT2D eigenvalue weighted by Crippen LogP contribution is -2.51. The number of nitrogen functional groups attached to an aromatic ring is 1. The smallest absolute Gasteiger partial charge is 0.245 e. The third-order valence-electron chi connectivity index (χ3n) is 4.77. The summed E-state index contributed by atoms with van der Waals surface area (Å²) in [6.45, 7) is 5.40. The Labute approximate surface area is 169 Å². The molecule has 1 amide bonds. The number of carbonyl (C=O) groups is 1. The average molecular weight is 396 g/mol. The fraction of sp³-hybridized carbons (Fsp3) is 0.300. The van der Waals surface area contributed by atoms with E-state index in [1.807, 2.05) is 0 Å². The number of benzene rings is 1. The first-order valence-corrected chi connectivity index (χ1v) is 9.04. The molecule has 1 saturated heterocycles. The van der Waals surface area contributed by atoms with E-state index in [-0.39, 0.29) is 23.4 Å². The van der Waals surface area contributed by atoms with Gasteiger partial charge in [0.1, 0.15) is 29.5 Å². The number of hydrogen-bond donors (Lipinski definition) is 3. The second-order valence-corrected chi connectivity index (χ2v) is 6.65. The first-order chi connectivity index (χ1) is 14.0. The summed E-state index contributed by atoms with van der Waals surface area (Å²) in [5.41, 5.74) is 7.20. The summed E-state index contributed by atoms with van der Waals surface area (Å²) >= 11 is 0. The van der Waals surface area contributed by atoms with Crippen LogP contribution in [0, 0.1) is 11.3 Å². The third-order valence-corrected chi connectivity index (χ3v) is 4.77. The van der Waals surface area contributed by atoms with Gasteiger partial charge in [-0.15, -0.1) is 0 Å². The van der Waals surface area contributed by atoms with Crippen molar-refractivity contribution in [3.05, 3.63) is 48.3 Å². The quantitative estimate of drug-likeness (QED) is 0.456. The van der Waals surface area contributed by atoms with Crippen molar-refractivity contribution in [1.29, 1.82) is 5.41 Å². The number of methoxy groups -OCH3 is 2. The van der Waals surface area contributed by atoms with Crippen molar-refractivity contribution in [2.75, 3.05) is 44.9 Å². The van der Waals surface area contributed by atoms with Crippen LogP contribution in [-0.4, -0.2) is 60.3 Å². The van der Waals surface area contributed by atoms with Crippen molar-refractivity contribution in [2.24, 2.45) is 5.92 Å². The van der Waals surface area contributed by atoms with Gasteiger partial charge in [-0.25, -0.2) is 9.97 Å². The number of hydrogen-bond acceptors (Lipinski definition) is 8. The molecule has 3 rings (SSSR count). The summed E-state index contributed by atoms with van der Waals surface area (Å²) in [6, 6.07) is 5.19. The minimum Gasteiger partial charge on any atom is -0.497 e. The number of carbonyl (C=O) groups excluding carboxylic acids is 1. The average Bonchev–Trinajstić information content (AvgIpc) is 2.71. The minimum atomic E-state index is -0.0676. The normalized spacial score (nSPS) is 13.4. The molecule has 4 N–H and O–H groups in total. The summed E-state index contributed by atoms with van der Waals surface area (Å²) in [7, 11) is 3.10. The zero-order chi connectivity index (χ0) is 21.0. The highest BCUT2D eigenvalue weighted by Gasteiger charge is 2.29. The van der Waals surface area contributed by atoms with Crippen LogP contribution in [0.4, 0.5) is 11.6 Å². The number of nitrogens with two attached hydrogens (primary N) is 1. The van der Waals surface area contributed by atoms with Crippen molar-refractivity contribution in [3.8, 4) is 11.5 Å². The number of nitrogens with zero attached hydrogens (tertiary/aromatic N) is 3. The number of likely N-dealkylation sites (tertiary alicyclic amines) is 1. The number of anilines is 2. The molecule has 2 heterocycles. The van der Waals surface area contributed by atoms with E-state index in [0.29, 0.717) is 48.1 Å². The Morgan fingerprint density at radius 1 is 1.31 bits per heavy atom. The van der Waals surface area contributed by atoms with Crippen molar-refractivity contribution in [2.45, 2.75) is 0 Å². The number of nitrogens with one attached hydrogen (secondary N) is 2. The molecule has 9 nitrogen and oxygen atoms in total. The summed E-state index contributed by atoms with van der Waals surface area (Å²) in [5.74, 6) is 2.02. The van der Waals surface area contributed by atoms with Crippen molar-refractivity contribution in [3.63, 3.8) is 0 Å². The second-order valence-electron chi connectivity index (χ2n) is 6.65. The molecule has 1 aromatic carbocycles. The van der Waals surface area contributed by atoms with E-state index in [9.17, 15) is 4.79 Å². The predicted octanol–water partition coefficient (Wildman–Crippen LogP) is 1.55. The highest BCUT2D eigenvalue weighted by Crippen LogP contribution is 2.28. The second kappa shape index (κ2) is 8.59. The zero-order valence-electron chi connectivity index (χ0n) is 16.4. The van der Waals surface area contributed by atoms with E-state index in [1.165, 1.54) is 12.4 Å². The van der Waals surface area contributed by atoms with Gasteiger partial charge in [0, 0.05) is 37.2 Å². The fourth-order valence-corrected chi connectivity index (χ4v) is 3.12. The van der Waals surface area contributed by atoms with E-state index >= 15 is 0 Å². The van der Waals surface area contributed by atoms with Gasteiger partial charge in [-0.1, -0.05) is 6.58 Å². The molecule has 0 bridgehead atoms. The van der Waals surface area contributed by atoms with Crippen LogP contribution in [0.2, 0.25) is 0 Å². The van der Waals surface area contributed by atoms with Crippen LogP contribution in [0.15, 0.2) is 37.2 Å². The molecular weight excluding hydrogens is 372 g/mol. The lowest BCUT2D eigenvalue weighted by atomic mass is 9.99. The molecule has 2 aromatic rings. The van der Waals surface area contributed by atoms with Gasteiger partial charge in [0.15, 0.2) is 0 Å². The van der Waals surface area contributed by atoms with Crippen LogP contribution in [0.5, 0.6) is 11.5 Å². The molecule has 0 spiro atoms. The highest BCUT2D eigenvalue weighted by molar-refractivity contribution is 6.16. The van der Waals surface area contributed by atoms with Gasteiger partial charge in [0.2, 0.25) is 5.91 Å². The van der Waals surface area contributed by atoms with Crippen LogP contribution in [-0.2, 0) is 4.79 Å². The molecule has 152 valence electrons. The van der Waals surface area contributed by atoms with Gasteiger partial charge in [0.25, 0.3) is 0 Å². The number of ether oxygens (including phenoxy) is 2. The minimum absolute atomic E-state index is 0.0676. The maximum atomic E-state index is 11.6. The zero-order valence-corrected chi connectivity index (χ0v) is 16.4. The van der Waals surface area contributed by atoms with Crippen LogP contribution >= 0.6 is 0 Å². The van der Waals surface area contributed by atoms with Crippen LogP contribution in [0.1, 0.15) is 11.1 Å². The van der Waals surface area contributed by atoms with E-state index < -0.39 is 0 Å². The Morgan fingerprint density at radius 3 is 2.55 bits per heavy atom. The van der Waals surface area contributed by atoms with E-state index in [4.69, 9.17) is 20.6 Å². The SMILES string of the molecule is C=CC(=O)N1CC(CNc2ncnc(N)c2C(=N)c2cc(OC)cc(OC)c2)C1. The van der Waals surface area contributed by atoms with Gasteiger partial charge in [-0.2, -0.15) is 0 Å². The molecule has 0 unspecified atom stereocenters. The monoisotopic (exact) mass is 396 g/mol. The summed E-state index contributed by atoms with van der Waals surface area (Å²) in [5, 5.41) is 11.9. The molecule has 1 fully saturated rings. The first-order valence-electron chi connectivity index (χ1n) is 9.04. The molecule has 9 heteroatoms. The predicted molar refractivity (Wildman–Crippen MR) is 111 cm³/mol. The Morgan fingerprint density at radius 2 is 1.97 bits per heavy atom. The van der Waals surface area contributed by atoms with Gasteiger partial charge in [-0.3, -0.25) is 10.2 Å². The summed E-state index contributed by atoms with van der Waals surface area (Å²) in [6.07, 6.45) is 2.67. The van der Waals surface area contributed by atoms with Gasteiger partial charge in [0.05, 0.1) is 25.5 Å². The number of amides is 1. The first kappa shape index (κ1) is 20.1. The summed E-state index contributed by atoms with van der Waals surface area (Å²) in [4.78, 5) is 21.6. The van der Waals surface area contributed by atoms with Crippen LogP contribution in [0.3, 0.4) is 0 Å². The Balaban J connectivity index is 1.79. The largest absolute Gasteiger partial charge is 0.497 e. The van der Waals surface area contributed by atoms with Crippen molar-refractivity contribution < 1.29 is 14.3 Å². The van der Waals surface area contributed by atoms with E-state index in [0.717, 1.165) is 0 Å². The third kappa shape index (κ3) is 4.29. The number of rotatable bonds is 8. The molecule has 1 aliphatic heterocycles. The lowest BCUT2D eigenvalue weighted by Gasteiger charge is -2.38. The molecule has 29 heavy (non-hydrogen) atoms. The van der Waals surface area contributed by atoms with E-state index in [2.05, 4.69) is 21.9 Å². The molecular formula is C20H24N6O3. The molecule has 0 radical (unpaired) electrons. The van der Waals surface area contributed by atoms with Crippen LogP contribution in [0.25, 0.3) is 0 Å². The fourth-order valence-electron chi connectivity index (χ4n) is 3.12. The van der Waals surface area contributed by atoms with Crippen molar-refractivity contribution >= 4 is 23.3 Å². The molecule has 1 aliphatic rings. The lowest BCUT2D eigenvalue weighted by molar-refractivity contribution is -0.131. The Kier molecular flexibility index (Phi) is 5.96. The summed E-state index contributed by atoms with van der Waals surface area (Å²) < 4.78 is 10.6. The number of aromatic nitrogens is 2. The molecule has 0 saturated carbocycles. The maximum Gasteiger partial charge on any atom is 0.245 e. The van der Waals surface area contributed by atoms with Crippen molar-refractivity contribution in [1.82, 2.24) is 14.9 Å². The van der Waals surface area contributed by atoms with Gasteiger partial charge < -0.3 is 25.4 Å². The van der Waals surface area contributed by atoms with Gasteiger partial charge in [-0.05, 0) is 18.2 Å². The van der Waals surface area contributed by atoms with E-state index in [1.54, 1.807) is 37.3 Å². The Bertz CT molecular complexity index is 918.